The van der Waals surface area contributed by atoms with Crippen LogP contribution in [0.25, 0.3) is 11.3 Å². The van der Waals surface area contributed by atoms with E-state index in [1.807, 2.05) is 60.7 Å². The number of hydrogen-bond donors (Lipinski definition) is 1. The van der Waals surface area contributed by atoms with Crippen LogP contribution >= 0.6 is 0 Å². The van der Waals surface area contributed by atoms with Gasteiger partial charge in [-0.25, -0.2) is 0 Å². The fraction of sp³-hybridized carbons (Fsp3) is 0.370. The molecule has 4 rings (SSSR count). The summed E-state index contributed by atoms with van der Waals surface area (Å²) in [7, 11) is 0. The molecule has 6 heteroatoms. The van der Waals surface area contributed by atoms with E-state index in [-0.39, 0.29) is 5.91 Å². The minimum absolute atomic E-state index is 0.200. The molecule has 0 bridgehead atoms. The maximum absolute atomic E-state index is 12.7. The maximum Gasteiger partial charge on any atom is 0.265 e. The van der Waals surface area contributed by atoms with Crippen LogP contribution in [-0.2, 0) is 11.2 Å². The zero-order chi connectivity index (χ0) is 23.0. The zero-order valence-electron chi connectivity index (χ0n) is 19.5. The van der Waals surface area contributed by atoms with E-state index in [1.54, 1.807) is 6.92 Å². The number of ether oxygens (including phenoxy) is 1. The van der Waals surface area contributed by atoms with Gasteiger partial charge >= 0.3 is 0 Å². The third kappa shape index (κ3) is 6.09. The molecule has 1 fully saturated rings. The van der Waals surface area contributed by atoms with Crippen molar-refractivity contribution in [2.24, 2.45) is 0 Å². The molecule has 1 aromatic heterocycles. The Hall–Kier alpha value is -3.41. The number of benzene rings is 2. The molecule has 0 radical (unpaired) electrons. The first-order chi connectivity index (χ1) is 16.1. The molecule has 0 saturated carbocycles. The fourth-order valence-electron chi connectivity index (χ4n) is 4.01. The molecule has 0 aliphatic carbocycles. The van der Waals surface area contributed by atoms with E-state index in [1.165, 1.54) is 31.2 Å². The molecule has 3 aromatic rings. The number of hydrogen-bond acceptors (Lipinski definition) is 5. The Labute approximate surface area is 196 Å². The van der Waals surface area contributed by atoms with Crippen molar-refractivity contribution in [1.29, 1.82) is 0 Å². The molecule has 2 aromatic carbocycles. The van der Waals surface area contributed by atoms with E-state index in [0.717, 1.165) is 36.6 Å². The zero-order valence-corrected chi connectivity index (χ0v) is 19.5. The predicted octanol–water partition coefficient (Wildman–Crippen LogP) is 5.49. The Morgan fingerprint density at radius 2 is 1.76 bits per heavy atom. The van der Waals surface area contributed by atoms with Crippen LogP contribution in [0.2, 0.25) is 0 Å². The molecule has 1 aliphatic rings. The van der Waals surface area contributed by atoms with Crippen LogP contribution in [0.5, 0.6) is 5.75 Å². The van der Waals surface area contributed by atoms with E-state index in [4.69, 9.17) is 4.74 Å². The highest BCUT2D eigenvalue weighted by molar-refractivity contribution is 5.94. The summed E-state index contributed by atoms with van der Waals surface area (Å²) in [6.45, 7) is 5.94. The van der Waals surface area contributed by atoms with Crippen molar-refractivity contribution in [3.05, 3.63) is 66.2 Å². The topological polar surface area (TPSA) is 67.3 Å². The molecule has 1 amide bonds. The second-order valence-electron chi connectivity index (χ2n) is 8.51. The second-order valence-corrected chi connectivity index (χ2v) is 8.51. The summed E-state index contributed by atoms with van der Waals surface area (Å²) in [4.78, 5) is 15.0. The average molecular weight is 445 g/mol. The van der Waals surface area contributed by atoms with Crippen molar-refractivity contribution >= 4 is 17.4 Å². The minimum Gasteiger partial charge on any atom is -0.481 e. The average Bonchev–Trinajstić information content (AvgIpc) is 3.14. The van der Waals surface area contributed by atoms with Gasteiger partial charge in [0.1, 0.15) is 5.75 Å². The number of anilines is 2. The van der Waals surface area contributed by atoms with Gasteiger partial charge in [-0.1, -0.05) is 44.0 Å². The summed E-state index contributed by atoms with van der Waals surface area (Å²) in [5, 5.41) is 11.9. The fourth-order valence-corrected chi connectivity index (χ4v) is 4.01. The van der Waals surface area contributed by atoms with E-state index >= 15 is 0 Å². The number of rotatable bonds is 7. The molecular weight excluding hydrogens is 412 g/mol. The minimum atomic E-state index is -0.617. The SMILES string of the molecule is CCc1ccc(OC(C)C(=O)Nc2cccc(-c3ccc(N4CCCCCC4)nn3)c2)cc1. The molecule has 33 heavy (non-hydrogen) atoms. The Morgan fingerprint density at radius 3 is 2.42 bits per heavy atom. The Kier molecular flexibility index (Phi) is 7.55. The van der Waals surface area contributed by atoms with Crippen LogP contribution in [0, 0.1) is 0 Å². The van der Waals surface area contributed by atoms with Crippen LogP contribution < -0.4 is 15.0 Å². The molecule has 1 unspecified atom stereocenters. The first-order valence-corrected chi connectivity index (χ1v) is 11.9. The number of nitrogens with zero attached hydrogens (tertiary/aromatic N) is 3. The molecule has 2 heterocycles. The number of aryl methyl sites for hydroxylation is 1. The summed E-state index contributed by atoms with van der Waals surface area (Å²) < 4.78 is 5.80. The monoisotopic (exact) mass is 444 g/mol. The summed E-state index contributed by atoms with van der Waals surface area (Å²) in [6, 6.07) is 19.5. The summed E-state index contributed by atoms with van der Waals surface area (Å²) in [5.41, 5.74) is 3.63. The van der Waals surface area contributed by atoms with Crippen molar-refractivity contribution in [3.8, 4) is 17.0 Å². The van der Waals surface area contributed by atoms with Crippen LogP contribution in [0.1, 0.15) is 45.1 Å². The van der Waals surface area contributed by atoms with Gasteiger partial charge in [0.05, 0.1) is 5.69 Å². The molecule has 6 nitrogen and oxygen atoms in total. The van der Waals surface area contributed by atoms with Crippen LogP contribution in [-0.4, -0.2) is 35.3 Å². The number of aromatic nitrogens is 2. The van der Waals surface area contributed by atoms with Crippen molar-refractivity contribution in [2.75, 3.05) is 23.3 Å². The smallest absolute Gasteiger partial charge is 0.265 e. The largest absolute Gasteiger partial charge is 0.481 e. The van der Waals surface area contributed by atoms with Crippen molar-refractivity contribution in [1.82, 2.24) is 10.2 Å². The lowest BCUT2D eigenvalue weighted by Gasteiger charge is -2.20. The lowest BCUT2D eigenvalue weighted by Crippen LogP contribution is -2.30. The summed E-state index contributed by atoms with van der Waals surface area (Å²) >= 11 is 0. The third-order valence-electron chi connectivity index (χ3n) is 6.02. The standard InChI is InChI=1S/C27H32N4O2/c1-3-21-11-13-24(14-12-21)33-20(2)27(32)28-23-10-8-9-22(19-23)25-15-16-26(30-29-25)31-17-6-4-5-7-18-31/h8-16,19-20H,3-7,17-18H2,1-2H3,(H,28,32). The van der Waals surface area contributed by atoms with E-state index in [2.05, 4.69) is 27.3 Å². The van der Waals surface area contributed by atoms with E-state index < -0.39 is 6.10 Å². The van der Waals surface area contributed by atoms with Gasteiger partial charge in [0, 0.05) is 24.3 Å². The van der Waals surface area contributed by atoms with Crippen LogP contribution in [0.4, 0.5) is 11.5 Å². The maximum atomic E-state index is 12.7. The first-order valence-electron chi connectivity index (χ1n) is 11.9. The quantitative estimate of drug-likeness (QED) is 0.522. The van der Waals surface area contributed by atoms with Crippen molar-refractivity contribution < 1.29 is 9.53 Å². The normalized spacial score (nSPS) is 14.9. The molecular formula is C27H32N4O2. The number of carbonyl (C=O) groups is 1. The molecule has 1 atom stereocenters. The molecule has 0 spiro atoms. The van der Waals surface area contributed by atoms with E-state index in [9.17, 15) is 4.79 Å². The Balaban J connectivity index is 1.39. The van der Waals surface area contributed by atoms with Gasteiger partial charge in [-0.15, -0.1) is 10.2 Å². The highest BCUT2D eigenvalue weighted by Crippen LogP contribution is 2.23. The molecule has 1 N–H and O–H groups in total. The Bertz CT molecular complexity index is 1040. The van der Waals surface area contributed by atoms with Gasteiger partial charge < -0.3 is 15.0 Å². The van der Waals surface area contributed by atoms with Gasteiger partial charge in [0.2, 0.25) is 0 Å². The molecule has 1 saturated heterocycles. The number of carbonyl (C=O) groups excluding carboxylic acids is 1. The van der Waals surface area contributed by atoms with Crippen molar-refractivity contribution in [2.45, 2.75) is 52.1 Å². The first kappa shape index (κ1) is 22.8. The number of amides is 1. The molecule has 1 aliphatic heterocycles. The highest BCUT2D eigenvalue weighted by atomic mass is 16.5. The van der Waals surface area contributed by atoms with Gasteiger partial charge in [-0.2, -0.15) is 0 Å². The summed E-state index contributed by atoms with van der Waals surface area (Å²) in [5.74, 6) is 1.42. The lowest BCUT2D eigenvalue weighted by molar-refractivity contribution is -0.122. The molecule has 172 valence electrons. The van der Waals surface area contributed by atoms with Crippen molar-refractivity contribution in [3.63, 3.8) is 0 Å². The Morgan fingerprint density at radius 1 is 1.00 bits per heavy atom. The predicted molar refractivity (Wildman–Crippen MR) is 133 cm³/mol. The van der Waals surface area contributed by atoms with Gasteiger partial charge in [-0.3, -0.25) is 4.79 Å². The van der Waals surface area contributed by atoms with Gasteiger partial charge in [0.15, 0.2) is 11.9 Å². The van der Waals surface area contributed by atoms with Gasteiger partial charge in [0.25, 0.3) is 5.91 Å². The van der Waals surface area contributed by atoms with E-state index in [0.29, 0.717) is 11.4 Å². The number of nitrogens with one attached hydrogen (secondary N) is 1. The lowest BCUT2D eigenvalue weighted by atomic mass is 10.1. The third-order valence-corrected chi connectivity index (χ3v) is 6.02. The van der Waals surface area contributed by atoms with Crippen LogP contribution in [0.3, 0.4) is 0 Å². The summed E-state index contributed by atoms with van der Waals surface area (Å²) in [6.07, 6.45) is 5.34. The highest BCUT2D eigenvalue weighted by Gasteiger charge is 2.16. The van der Waals surface area contributed by atoms with Gasteiger partial charge in [-0.05, 0) is 68.1 Å². The van der Waals surface area contributed by atoms with Crippen LogP contribution in [0.15, 0.2) is 60.7 Å². The second kappa shape index (κ2) is 10.9.